The fourth-order valence-electron chi connectivity index (χ4n) is 3.65. The monoisotopic (exact) mass is 501 g/mol. The fourth-order valence-corrected chi connectivity index (χ4v) is 5.18. The Labute approximate surface area is 202 Å². The van der Waals surface area contributed by atoms with E-state index in [-0.39, 0.29) is 24.7 Å². The van der Waals surface area contributed by atoms with Crippen molar-refractivity contribution in [2.45, 2.75) is 36.8 Å². The van der Waals surface area contributed by atoms with Gasteiger partial charge in [-0.15, -0.1) is 0 Å². The zero-order chi connectivity index (χ0) is 25.6. The Balaban J connectivity index is 1.62. The predicted molar refractivity (Wildman–Crippen MR) is 129 cm³/mol. The number of nitrogen functional groups attached to an aromatic ring is 1. The lowest BCUT2D eigenvalue weighted by molar-refractivity contribution is -0.129. The van der Waals surface area contributed by atoms with E-state index >= 15 is 0 Å². The molecule has 0 aromatic heterocycles. The number of amides is 1. The molecule has 0 spiro atoms. The van der Waals surface area contributed by atoms with E-state index in [4.69, 9.17) is 21.4 Å². The van der Waals surface area contributed by atoms with Crippen LogP contribution >= 0.6 is 0 Å². The summed E-state index contributed by atoms with van der Waals surface area (Å²) in [5.41, 5.74) is 9.31. The molecule has 35 heavy (non-hydrogen) atoms. The summed E-state index contributed by atoms with van der Waals surface area (Å²) in [6.45, 7) is 0. The molecule has 0 aliphatic carbocycles. The molecule has 7 N–H and O–H groups in total. The lowest BCUT2D eigenvalue weighted by Gasteiger charge is -2.19. The van der Waals surface area contributed by atoms with Crippen molar-refractivity contribution in [3.05, 3.63) is 71.3 Å². The minimum atomic E-state index is -4.18. The second-order valence-electron chi connectivity index (χ2n) is 8.15. The zero-order valence-corrected chi connectivity index (χ0v) is 19.5. The Bertz CT molecular complexity index is 1200. The summed E-state index contributed by atoms with van der Waals surface area (Å²) in [5.74, 6) is -2.96. The fraction of sp³-hybridized carbons (Fsp3) is 0.304. The van der Waals surface area contributed by atoms with E-state index < -0.39 is 44.7 Å². The molecule has 1 fully saturated rings. The number of carbonyl (C=O) groups excluding carboxylic acids is 1. The first-order chi connectivity index (χ1) is 16.6. The van der Waals surface area contributed by atoms with Crippen molar-refractivity contribution < 1.29 is 28.0 Å². The smallest absolute Gasteiger partial charge is 0.352 e. The predicted octanol–water partition coefficient (Wildman–Crippen LogP) is 0.900. The Morgan fingerprint density at radius 3 is 2.40 bits per heavy atom. The second-order valence-corrected chi connectivity index (χ2v) is 10.4. The van der Waals surface area contributed by atoms with Gasteiger partial charge in [-0.1, -0.05) is 54.6 Å². The van der Waals surface area contributed by atoms with Gasteiger partial charge in [-0.05, 0) is 24.0 Å². The SMILES string of the molecule is N=C(N)c1ccc([C@@H]2C[C@H](CC(=O)N[C@H](C(=N)C(=O)O)S(=O)(=O)CCc3ccccc3)ON2)cc1. The number of benzene rings is 2. The van der Waals surface area contributed by atoms with Crippen molar-refractivity contribution >= 4 is 33.3 Å². The number of hydrogen-bond acceptors (Lipinski definition) is 8. The van der Waals surface area contributed by atoms with Crippen LogP contribution in [0.3, 0.4) is 0 Å². The number of hydroxylamine groups is 1. The van der Waals surface area contributed by atoms with Gasteiger partial charge in [0.1, 0.15) is 5.84 Å². The third kappa shape index (κ3) is 6.94. The third-order valence-electron chi connectivity index (χ3n) is 5.57. The lowest BCUT2D eigenvalue weighted by Crippen LogP contribution is -2.50. The van der Waals surface area contributed by atoms with Crippen molar-refractivity contribution in [2.75, 3.05) is 5.75 Å². The Hall–Kier alpha value is -3.61. The molecular formula is C23H27N5O6S. The van der Waals surface area contributed by atoms with E-state index in [1.54, 1.807) is 54.6 Å². The summed E-state index contributed by atoms with van der Waals surface area (Å²) < 4.78 is 25.7. The zero-order valence-electron chi connectivity index (χ0n) is 18.7. The highest BCUT2D eigenvalue weighted by Gasteiger charge is 2.36. The average Bonchev–Trinajstić information content (AvgIpc) is 3.29. The number of rotatable bonds is 11. The van der Waals surface area contributed by atoms with E-state index in [1.165, 1.54) is 0 Å². The van der Waals surface area contributed by atoms with Crippen LogP contribution in [0.1, 0.15) is 35.6 Å². The molecular weight excluding hydrogens is 474 g/mol. The first kappa shape index (κ1) is 26.0. The molecule has 0 bridgehead atoms. The maximum atomic E-state index is 12.8. The summed E-state index contributed by atoms with van der Waals surface area (Å²) in [4.78, 5) is 29.4. The number of hydrogen-bond donors (Lipinski definition) is 6. The molecule has 186 valence electrons. The van der Waals surface area contributed by atoms with Gasteiger partial charge in [0.25, 0.3) is 0 Å². The van der Waals surface area contributed by atoms with Gasteiger partial charge < -0.3 is 16.2 Å². The maximum absolute atomic E-state index is 12.8. The number of aryl methyl sites for hydroxylation is 1. The van der Waals surface area contributed by atoms with Crippen molar-refractivity contribution in [1.29, 1.82) is 10.8 Å². The highest BCUT2D eigenvalue weighted by atomic mass is 32.2. The number of nitrogens with one attached hydrogen (secondary N) is 4. The van der Waals surface area contributed by atoms with Crippen LogP contribution in [-0.2, 0) is 30.7 Å². The van der Waals surface area contributed by atoms with Crippen LogP contribution in [0.5, 0.6) is 0 Å². The van der Waals surface area contributed by atoms with Crippen molar-refractivity contribution in [1.82, 2.24) is 10.8 Å². The van der Waals surface area contributed by atoms with Gasteiger partial charge in [0.15, 0.2) is 20.9 Å². The standard InChI is InChI=1S/C23H27N5O6S/c24-20(23(30)31)22(35(32,33)11-10-14-4-2-1-3-5-14)27-19(29)13-17-12-18(28-34-17)15-6-8-16(9-7-15)21(25)26/h1-9,17-18,22,24,28H,10-13H2,(H3,25,26)(H,27,29)(H,30,31)/t17-,18+,22+/m1/s1. The number of carboxylic acids is 1. The molecule has 2 aromatic rings. The van der Waals surface area contributed by atoms with Crippen molar-refractivity contribution in [2.24, 2.45) is 5.73 Å². The van der Waals surface area contributed by atoms with Crippen LogP contribution in [0, 0.1) is 10.8 Å². The van der Waals surface area contributed by atoms with Gasteiger partial charge in [0, 0.05) is 5.56 Å². The lowest BCUT2D eigenvalue weighted by atomic mass is 9.99. The molecule has 1 aliphatic rings. The molecule has 1 heterocycles. The van der Waals surface area contributed by atoms with Crippen molar-refractivity contribution in [3.8, 4) is 0 Å². The number of aliphatic carboxylic acids is 1. The molecule has 0 saturated carbocycles. The van der Waals surface area contributed by atoms with E-state index in [0.29, 0.717) is 12.0 Å². The van der Waals surface area contributed by atoms with E-state index in [0.717, 1.165) is 11.1 Å². The molecule has 3 rings (SSSR count). The van der Waals surface area contributed by atoms with Gasteiger partial charge in [-0.25, -0.2) is 13.2 Å². The minimum Gasteiger partial charge on any atom is -0.477 e. The summed E-state index contributed by atoms with van der Waals surface area (Å²) >= 11 is 0. The molecule has 0 radical (unpaired) electrons. The van der Waals surface area contributed by atoms with Crippen LogP contribution in [-0.4, -0.2) is 54.2 Å². The molecule has 2 aromatic carbocycles. The Morgan fingerprint density at radius 1 is 1.14 bits per heavy atom. The number of sulfone groups is 1. The van der Waals surface area contributed by atoms with E-state index in [1.807, 2.05) is 0 Å². The van der Waals surface area contributed by atoms with Gasteiger partial charge in [0.2, 0.25) is 5.91 Å². The van der Waals surface area contributed by atoms with Crippen LogP contribution < -0.4 is 16.5 Å². The first-order valence-electron chi connectivity index (χ1n) is 10.8. The number of amidine groups is 1. The maximum Gasteiger partial charge on any atom is 0.352 e. The van der Waals surface area contributed by atoms with Gasteiger partial charge in [0.05, 0.1) is 24.3 Å². The topological polar surface area (TPSA) is 196 Å². The van der Waals surface area contributed by atoms with Crippen LogP contribution in [0.4, 0.5) is 0 Å². The molecule has 1 saturated heterocycles. The summed E-state index contributed by atoms with van der Waals surface area (Å²) in [7, 11) is -4.18. The highest BCUT2D eigenvalue weighted by Crippen LogP contribution is 2.27. The number of carboxylic acid groups (broad SMARTS) is 1. The molecule has 3 atom stereocenters. The third-order valence-corrected chi connectivity index (χ3v) is 7.42. The van der Waals surface area contributed by atoms with Gasteiger partial charge in [-0.3, -0.25) is 20.5 Å². The quantitative estimate of drug-likeness (QED) is 0.193. The summed E-state index contributed by atoms with van der Waals surface area (Å²) in [5, 5.41) is 24.6. The summed E-state index contributed by atoms with van der Waals surface area (Å²) in [6, 6.07) is 15.5. The van der Waals surface area contributed by atoms with Crippen LogP contribution in [0.25, 0.3) is 0 Å². The average molecular weight is 502 g/mol. The Kier molecular flexibility index (Phi) is 8.33. The largest absolute Gasteiger partial charge is 0.477 e. The first-order valence-corrected chi connectivity index (χ1v) is 12.5. The van der Waals surface area contributed by atoms with Crippen molar-refractivity contribution in [3.63, 3.8) is 0 Å². The number of carbonyl (C=O) groups is 2. The van der Waals surface area contributed by atoms with Crippen LogP contribution in [0.15, 0.2) is 54.6 Å². The molecule has 11 nitrogen and oxygen atoms in total. The molecule has 1 amide bonds. The van der Waals surface area contributed by atoms with Crippen LogP contribution in [0.2, 0.25) is 0 Å². The number of nitrogens with two attached hydrogens (primary N) is 1. The highest BCUT2D eigenvalue weighted by molar-refractivity contribution is 7.92. The minimum absolute atomic E-state index is 0.0538. The molecule has 1 aliphatic heterocycles. The molecule has 0 unspecified atom stereocenters. The molecule has 12 heteroatoms. The van der Waals surface area contributed by atoms with E-state index in [9.17, 15) is 23.1 Å². The van der Waals surface area contributed by atoms with Gasteiger partial charge >= 0.3 is 5.97 Å². The second kappa shape index (κ2) is 11.2. The normalized spacial score (nSPS) is 18.5. The van der Waals surface area contributed by atoms with E-state index in [2.05, 4.69) is 10.8 Å². The van der Waals surface area contributed by atoms with Gasteiger partial charge in [-0.2, -0.15) is 5.48 Å². The Morgan fingerprint density at radius 2 is 1.80 bits per heavy atom. The summed E-state index contributed by atoms with van der Waals surface area (Å²) in [6.07, 6.45) is -0.317.